The van der Waals surface area contributed by atoms with Crippen molar-refractivity contribution in [3.05, 3.63) is 64.7 Å². The molecule has 28 heavy (non-hydrogen) atoms. The van der Waals surface area contributed by atoms with Crippen LogP contribution < -0.4 is 4.90 Å². The van der Waals surface area contributed by atoms with Gasteiger partial charge >= 0.3 is 0 Å². The summed E-state index contributed by atoms with van der Waals surface area (Å²) in [6.07, 6.45) is 4.40. The molecule has 2 heterocycles. The molecule has 2 aliphatic rings. The van der Waals surface area contributed by atoms with Crippen molar-refractivity contribution >= 4 is 27.1 Å². The zero-order valence-electron chi connectivity index (χ0n) is 16.2. The third kappa shape index (κ3) is 3.11. The average Bonchev–Trinajstić information content (AvgIpc) is 2.71. The molecule has 0 aliphatic carbocycles. The minimum atomic E-state index is -3.86. The van der Waals surface area contributed by atoms with Crippen molar-refractivity contribution in [1.29, 1.82) is 0 Å². The van der Waals surface area contributed by atoms with Gasteiger partial charge in [0.2, 0.25) is 9.84 Å². The summed E-state index contributed by atoms with van der Waals surface area (Å²) >= 11 is 0. The number of para-hydroxylation sites is 1. The van der Waals surface area contributed by atoms with Gasteiger partial charge in [-0.05, 0) is 68.5 Å². The first-order valence-electron chi connectivity index (χ1n) is 9.61. The number of likely N-dealkylation sites (tertiary alicyclic amines) is 1. The van der Waals surface area contributed by atoms with Gasteiger partial charge in [-0.15, -0.1) is 0 Å². The van der Waals surface area contributed by atoms with E-state index in [1.165, 1.54) is 6.20 Å². The van der Waals surface area contributed by atoms with E-state index in [0.29, 0.717) is 18.8 Å². The summed E-state index contributed by atoms with van der Waals surface area (Å²) in [5, 5.41) is 0. The molecule has 0 radical (unpaired) electrons. The van der Waals surface area contributed by atoms with Crippen LogP contribution in [-0.4, -0.2) is 32.3 Å². The molecular weight excluding hydrogens is 372 g/mol. The highest BCUT2D eigenvalue weighted by atomic mass is 32.2. The predicted molar refractivity (Wildman–Crippen MR) is 110 cm³/mol. The second kappa shape index (κ2) is 7.09. The summed E-state index contributed by atoms with van der Waals surface area (Å²) < 4.78 is 26.5. The van der Waals surface area contributed by atoms with Gasteiger partial charge in [-0.3, -0.25) is 4.79 Å². The van der Waals surface area contributed by atoms with Crippen molar-refractivity contribution in [3.8, 4) is 0 Å². The van der Waals surface area contributed by atoms with E-state index in [1.807, 2.05) is 43.0 Å². The Balaban J connectivity index is 1.86. The number of hydrogen-bond donors (Lipinski definition) is 0. The molecule has 2 aromatic rings. The number of carbonyl (C=O) groups excluding carboxylic acids is 1. The Bertz CT molecular complexity index is 1070. The van der Waals surface area contributed by atoms with Crippen LogP contribution in [0.3, 0.4) is 0 Å². The Hall–Kier alpha value is -2.60. The Morgan fingerprint density at radius 2 is 1.64 bits per heavy atom. The van der Waals surface area contributed by atoms with E-state index in [2.05, 4.69) is 0 Å². The second-order valence-corrected chi connectivity index (χ2v) is 9.34. The van der Waals surface area contributed by atoms with Crippen molar-refractivity contribution < 1.29 is 13.2 Å². The standard InChI is InChI=1S/C22H24N2O3S/c1-16-10-11-18(14-17(16)2)24-15-21(22(25)23-12-6-3-7-13-23)28(26,27)20-9-5-4-8-19(20)24/h4-5,8-11,14-15H,3,6-7,12-13H2,1-2H3. The van der Waals surface area contributed by atoms with Gasteiger partial charge in [0.15, 0.2) is 4.91 Å². The highest BCUT2D eigenvalue weighted by Gasteiger charge is 2.37. The number of hydrogen-bond acceptors (Lipinski definition) is 4. The van der Waals surface area contributed by atoms with Crippen molar-refractivity contribution in [2.75, 3.05) is 18.0 Å². The highest BCUT2D eigenvalue weighted by molar-refractivity contribution is 7.96. The summed E-state index contributed by atoms with van der Waals surface area (Å²) in [6, 6.07) is 12.9. The van der Waals surface area contributed by atoms with Crippen molar-refractivity contribution in [2.24, 2.45) is 0 Å². The van der Waals surface area contributed by atoms with Crippen LogP contribution in [0.15, 0.2) is 58.5 Å². The van der Waals surface area contributed by atoms with Crippen LogP contribution in [0.4, 0.5) is 11.4 Å². The molecule has 4 rings (SSSR count). The molecule has 6 heteroatoms. The molecule has 0 atom stereocenters. The van der Waals surface area contributed by atoms with E-state index in [9.17, 15) is 13.2 Å². The fourth-order valence-corrected chi connectivity index (χ4v) is 5.31. The fraction of sp³-hybridized carbons (Fsp3) is 0.318. The number of carbonyl (C=O) groups is 1. The Morgan fingerprint density at radius 1 is 0.929 bits per heavy atom. The number of aryl methyl sites for hydroxylation is 2. The molecule has 0 unspecified atom stereocenters. The van der Waals surface area contributed by atoms with E-state index in [1.54, 1.807) is 23.1 Å². The monoisotopic (exact) mass is 396 g/mol. The lowest BCUT2D eigenvalue weighted by atomic mass is 10.1. The molecule has 1 saturated heterocycles. The van der Waals surface area contributed by atoms with Crippen molar-refractivity contribution in [3.63, 3.8) is 0 Å². The predicted octanol–water partition coefficient (Wildman–Crippen LogP) is 4.08. The van der Waals surface area contributed by atoms with E-state index < -0.39 is 15.7 Å². The maximum Gasteiger partial charge on any atom is 0.267 e. The van der Waals surface area contributed by atoms with Gasteiger partial charge in [-0.25, -0.2) is 8.42 Å². The summed E-state index contributed by atoms with van der Waals surface area (Å²) in [5.74, 6) is -0.400. The number of nitrogens with zero attached hydrogens (tertiary/aromatic N) is 2. The SMILES string of the molecule is Cc1ccc(N2C=C(C(=O)N3CCCCC3)S(=O)(=O)c3ccccc32)cc1C. The lowest BCUT2D eigenvalue weighted by Crippen LogP contribution is -2.39. The fourth-order valence-electron chi connectivity index (χ4n) is 3.77. The molecule has 1 amide bonds. The van der Waals surface area contributed by atoms with Crippen LogP contribution >= 0.6 is 0 Å². The first-order valence-corrected chi connectivity index (χ1v) is 11.1. The molecule has 0 N–H and O–H groups in total. The largest absolute Gasteiger partial charge is 0.338 e. The van der Waals surface area contributed by atoms with Crippen LogP contribution in [0.2, 0.25) is 0 Å². The quantitative estimate of drug-likeness (QED) is 0.767. The molecule has 2 aliphatic heterocycles. The van der Waals surface area contributed by atoms with Crippen LogP contribution in [0.25, 0.3) is 0 Å². The topological polar surface area (TPSA) is 57.7 Å². The molecule has 146 valence electrons. The summed E-state index contributed by atoms with van der Waals surface area (Å²) in [7, 11) is -3.86. The minimum absolute atomic E-state index is 0.147. The number of sulfone groups is 1. The summed E-state index contributed by atoms with van der Waals surface area (Å²) in [6.45, 7) is 5.28. The van der Waals surface area contributed by atoms with Crippen molar-refractivity contribution in [1.82, 2.24) is 4.90 Å². The molecule has 0 bridgehead atoms. The Kier molecular flexibility index (Phi) is 4.75. The second-order valence-electron chi connectivity index (χ2n) is 7.46. The minimum Gasteiger partial charge on any atom is -0.338 e. The molecule has 0 spiro atoms. The number of amides is 1. The van der Waals surface area contributed by atoms with E-state index >= 15 is 0 Å². The van der Waals surface area contributed by atoms with Gasteiger partial charge in [0, 0.05) is 25.0 Å². The number of rotatable bonds is 2. The zero-order chi connectivity index (χ0) is 19.9. The summed E-state index contributed by atoms with van der Waals surface area (Å²) in [4.78, 5) is 16.6. The molecule has 5 nitrogen and oxygen atoms in total. The molecule has 0 aromatic heterocycles. The highest BCUT2D eigenvalue weighted by Crippen LogP contribution is 2.40. The average molecular weight is 397 g/mol. The molecule has 0 saturated carbocycles. The van der Waals surface area contributed by atoms with Gasteiger partial charge in [-0.1, -0.05) is 18.2 Å². The smallest absolute Gasteiger partial charge is 0.267 e. The lowest BCUT2D eigenvalue weighted by Gasteiger charge is -2.32. The van der Waals surface area contributed by atoms with E-state index in [0.717, 1.165) is 36.1 Å². The number of fused-ring (bicyclic) bond motifs is 1. The van der Waals surface area contributed by atoms with Gasteiger partial charge in [0.1, 0.15) is 0 Å². The number of benzene rings is 2. The maximum absolute atomic E-state index is 13.2. The van der Waals surface area contributed by atoms with Crippen LogP contribution in [0.1, 0.15) is 30.4 Å². The van der Waals surface area contributed by atoms with Gasteiger partial charge in [-0.2, -0.15) is 0 Å². The van der Waals surface area contributed by atoms with Crippen LogP contribution in [-0.2, 0) is 14.6 Å². The lowest BCUT2D eigenvalue weighted by molar-refractivity contribution is -0.127. The molecule has 2 aromatic carbocycles. The van der Waals surface area contributed by atoms with Crippen LogP contribution in [0, 0.1) is 13.8 Å². The number of piperidine rings is 1. The van der Waals surface area contributed by atoms with Gasteiger partial charge < -0.3 is 9.80 Å². The molecular formula is C22H24N2O3S. The Morgan fingerprint density at radius 3 is 2.36 bits per heavy atom. The normalized spacial score (nSPS) is 18.4. The number of anilines is 2. The Labute approximate surface area is 166 Å². The van der Waals surface area contributed by atoms with Gasteiger partial charge in [0.25, 0.3) is 5.91 Å². The first-order chi connectivity index (χ1) is 13.4. The third-order valence-corrected chi connectivity index (χ3v) is 7.36. The van der Waals surface area contributed by atoms with E-state index in [4.69, 9.17) is 0 Å². The maximum atomic E-state index is 13.2. The zero-order valence-corrected chi connectivity index (χ0v) is 17.0. The first kappa shape index (κ1) is 18.7. The molecule has 1 fully saturated rings. The summed E-state index contributed by atoms with van der Waals surface area (Å²) in [5.41, 5.74) is 3.69. The van der Waals surface area contributed by atoms with E-state index in [-0.39, 0.29) is 9.80 Å². The third-order valence-electron chi connectivity index (χ3n) is 5.57. The van der Waals surface area contributed by atoms with Gasteiger partial charge in [0.05, 0.1) is 10.6 Å². The van der Waals surface area contributed by atoms with Crippen molar-refractivity contribution in [2.45, 2.75) is 38.0 Å². The van der Waals surface area contributed by atoms with Crippen LogP contribution in [0.5, 0.6) is 0 Å².